The molecule has 0 aliphatic heterocycles. The largest absolute Gasteiger partial charge is 0.0985 e. The molecule has 4 aromatic rings. The smallest absolute Gasteiger partial charge is 0.00699 e. The molecular formula is C23H18. The molecule has 0 saturated heterocycles. The van der Waals surface area contributed by atoms with Gasteiger partial charge in [0.1, 0.15) is 0 Å². The predicted molar refractivity (Wildman–Crippen MR) is 102 cm³/mol. The molecule has 0 saturated carbocycles. The number of rotatable bonds is 2. The van der Waals surface area contributed by atoms with Gasteiger partial charge in [0.05, 0.1) is 0 Å². The molecule has 0 aliphatic carbocycles. The Hall–Kier alpha value is -2.86. The molecule has 23 heavy (non-hydrogen) atoms. The van der Waals surface area contributed by atoms with Gasteiger partial charge in [-0.2, -0.15) is 0 Å². The van der Waals surface area contributed by atoms with Gasteiger partial charge in [0.25, 0.3) is 0 Å². The Morgan fingerprint density at radius 3 is 2.22 bits per heavy atom. The predicted octanol–water partition coefficient (Wildman–Crippen LogP) is 6.61. The zero-order valence-corrected chi connectivity index (χ0v) is 13.2. The maximum Gasteiger partial charge on any atom is -0.00699 e. The first kappa shape index (κ1) is 13.8. The van der Waals surface area contributed by atoms with Gasteiger partial charge >= 0.3 is 0 Å². The maximum absolute atomic E-state index is 3.98. The topological polar surface area (TPSA) is 0 Å². The second-order valence-corrected chi connectivity index (χ2v) is 5.95. The summed E-state index contributed by atoms with van der Waals surface area (Å²) in [4.78, 5) is 0. The van der Waals surface area contributed by atoms with E-state index in [1.165, 1.54) is 43.8 Å². The van der Waals surface area contributed by atoms with E-state index >= 15 is 0 Å². The Kier molecular flexibility index (Phi) is 3.24. The molecule has 0 heteroatoms. The van der Waals surface area contributed by atoms with Crippen molar-refractivity contribution in [3.8, 4) is 11.1 Å². The van der Waals surface area contributed by atoms with Crippen LogP contribution < -0.4 is 0 Å². The molecule has 110 valence electrons. The van der Waals surface area contributed by atoms with E-state index < -0.39 is 0 Å². The van der Waals surface area contributed by atoms with Gasteiger partial charge in [0.15, 0.2) is 0 Å². The SMILES string of the molecule is C=Cc1cc2ccccc2c(-c2ccc3ccccc3c2)c1C. The standard InChI is InChI=1S/C23H18/c1-3-17-14-20-10-6-7-11-22(20)23(16(17)2)21-13-12-18-8-4-5-9-19(18)15-21/h3-15H,1H2,2H3. The second kappa shape index (κ2) is 5.40. The van der Waals surface area contributed by atoms with E-state index in [1.807, 2.05) is 6.08 Å². The van der Waals surface area contributed by atoms with Crippen LogP contribution in [0.15, 0.2) is 79.4 Å². The molecule has 4 rings (SSSR count). The Morgan fingerprint density at radius 2 is 1.43 bits per heavy atom. The van der Waals surface area contributed by atoms with Crippen molar-refractivity contribution in [1.29, 1.82) is 0 Å². The summed E-state index contributed by atoms with van der Waals surface area (Å²) in [7, 11) is 0. The molecule has 0 fully saturated rings. The van der Waals surface area contributed by atoms with Gasteiger partial charge in [0, 0.05) is 0 Å². The normalized spacial score (nSPS) is 11.0. The van der Waals surface area contributed by atoms with E-state index in [9.17, 15) is 0 Å². The molecule has 4 aromatic carbocycles. The van der Waals surface area contributed by atoms with Crippen molar-refractivity contribution in [1.82, 2.24) is 0 Å². The molecule has 0 heterocycles. The van der Waals surface area contributed by atoms with Crippen LogP contribution in [-0.4, -0.2) is 0 Å². The molecule has 0 amide bonds. The van der Waals surface area contributed by atoms with Gasteiger partial charge in [-0.25, -0.2) is 0 Å². The minimum absolute atomic E-state index is 1.20. The lowest BCUT2D eigenvalue weighted by molar-refractivity contribution is 1.47. The van der Waals surface area contributed by atoms with Crippen LogP contribution in [-0.2, 0) is 0 Å². The molecular weight excluding hydrogens is 276 g/mol. The van der Waals surface area contributed by atoms with Crippen LogP contribution in [0.3, 0.4) is 0 Å². The van der Waals surface area contributed by atoms with Crippen LogP contribution in [0.1, 0.15) is 11.1 Å². The summed E-state index contributed by atoms with van der Waals surface area (Å²) in [5.74, 6) is 0. The Balaban J connectivity index is 2.10. The fourth-order valence-electron chi connectivity index (χ4n) is 3.40. The van der Waals surface area contributed by atoms with Gasteiger partial charge in [-0.3, -0.25) is 0 Å². The highest BCUT2D eigenvalue weighted by molar-refractivity contribution is 6.02. The van der Waals surface area contributed by atoms with Crippen LogP contribution in [0.25, 0.3) is 38.7 Å². The van der Waals surface area contributed by atoms with Crippen molar-refractivity contribution in [2.45, 2.75) is 6.92 Å². The zero-order valence-electron chi connectivity index (χ0n) is 13.2. The molecule has 0 radical (unpaired) electrons. The lowest BCUT2D eigenvalue weighted by atomic mass is 9.89. The summed E-state index contributed by atoms with van der Waals surface area (Å²) in [5.41, 5.74) is 5.06. The first-order valence-electron chi connectivity index (χ1n) is 7.92. The van der Waals surface area contributed by atoms with Crippen molar-refractivity contribution < 1.29 is 0 Å². The Morgan fingerprint density at radius 1 is 0.739 bits per heavy atom. The second-order valence-electron chi connectivity index (χ2n) is 5.95. The van der Waals surface area contributed by atoms with E-state index in [0.717, 1.165) is 0 Å². The van der Waals surface area contributed by atoms with E-state index in [4.69, 9.17) is 0 Å². The van der Waals surface area contributed by atoms with Crippen molar-refractivity contribution >= 4 is 27.6 Å². The molecule has 0 unspecified atom stereocenters. The molecule has 0 aliphatic rings. The third kappa shape index (κ3) is 2.24. The Labute approximate surface area is 136 Å². The number of benzene rings is 4. The molecule has 0 aromatic heterocycles. The van der Waals surface area contributed by atoms with Crippen molar-refractivity contribution in [3.63, 3.8) is 0 Å². The first-order valence-corrected chi connectivity index (χ1v) is 7.92. The van der Waals surface area contributed by atoms with E-state index in [-0.39, 0.29) is 0 Å². The van der Waals surface area contributed by atoms with Crippen LogP contribution in [0.4, 0.5) is 0 Å². The van der Waals surface area contributed by atoms with Gasteiger partial charge in [0.2, 0.25) is 0 Å². The fourth-order valence-corrected chi connectivity index (χ4v) is 3.40. The molecule has 0 atom stereocenters. The van der Waals surface area contributed by atoms with Crippen LogP contribution in [0.2, 0.25) is 0 Å². The highest BCUT2D eigenvalue weighted by Gasteiger charge is 2.11. The number of hydrogen-bond acceptors (Lipinski definition) is 0. The van der Waals surface area contributed by atoms with Crippen molar-refractivity contribution in [2.75, 3.05) is 0 Å². The molecule has 0 spiro atoms. The quantitative estimate of drug-likeness (QED) is 0.390. The third-order valence-electron chi connectivity index (χ3n) is 4.61. The maximum atomic E-state index is 3.98. The van der Waals surface area contributed by atoms with Gasteiger partial charge in [-0.1, -0.05) is 73.3 Å². The highest BCUT2D eigenvalue weighted by Crippen LogP contribution is 2.35. The van der Waals surface area contributed by atoms with Gasteiger partial charge in [-0.05, 0) is 62.9 Å². The monoisotopic (exact) mass is 294 g/mol. The average Bonchev–Trinajstić information content (AvgIpc) is 2.61. The summed E-state index contributed by atoms with van der Waals surface area (Å²) in [6.07, 6.45) is 1.95. The summed E-state index contributed by atoms with van der Waals surface area (Å²) in [6.45, 7) is 6.17. The van der Waals surface area contributed by atoms with Crippen LogP contribution in [0, 0.1) is 6.92 Å². The Bertz CT molecular complexity index is 1040. The summed E-state index contributed by atoms with van der Waals surface area (Å²) in [6, 6.07) is 26.0. The van der Waals surface area contributed by atoms with Crippen LogP contribution >= 0.6 is 0 Å². The highest BCUT2D eigenvalue weighted by atomic mass is 14.1. The average molecular weight is 294 g/mol. The van der Waals surface area contributed by atoms with Crippen LogP contribution in [0.5, 0.6) is 0 Å². The third-order valence-corrected chi connectivity index (χ3v) is 4.61. The zero-order chi connectivity index (χ0) is 15.8. The van der Waals surface area contributed by atoms with E-state index in [0.29, 0.717) is 0 Å². The van der Waals surface area contributed by atoms with E-state index in [1.54, 1.807) is 0 Å². The lowest BCUT2D eigenvalue weighted by Gasteiger charge is -2.14. The molecule has 0 N–H and O–H groups in total. The van der Waals surface area contributed by atoms with Gasteiger partial charge < -0.3 is 0 Å². The van der Waals surface area contributed by atoms with E-state index in [2.05, 4.69) is 86.3 Å². The summed E-state index contributed by atoms with van der Waals surface area (Å²) in [5, 5.41) is 5.11. The number of fused-ring (bicyclic) bond motifs is 2. The first-order chi connectivity index (χ1) is 11.3. The number of hydrogen-bond donors (Lipinski definition) is 0. The lowest BCUT2D eigenvalue weighted by Crippen LogP contribution is -1.90. The molecule has 0 nitrogen and oxygen atoms in total. The van der Waals surface area contributed by atoms with Crippen molar-refractivity contribution in [3.05, 3.63) is 90.5 Å². The minimum atomic E-state index is 1.20. The summed E-state index contributed by atoms with van der Waals surface area (Å²) >= 11 is 0. The fraction of sp³-hybridized carbons (Fsp3) is 0.0435. The van der Waals surface area contributed by atoms with Gasteiger partial charge in [-0.15, -0.1) is 0 Å². The minimum Gasteiger partial charge on any atom is -0.0985 e. The summed E-state index contributed by atoms with van der Waals surface area (Å²) < 4.78 is 0. The van der Waals surface area contributed by atoms with Crippen molar-refractivity contribution in [2.24, 2.45) is 0 Å². The molecule has 0 bridgehead atoms.